The van der Waals surface area contributed by atoms with Crippen molar-refractivity contribution < 1.29 is 13.2 Å². The molecule has 0 amide bonds. The number of hydrogen-bond donors (Lipinski definition) is 2. The van der Waals surface area contributed by atoms with Crippen LogP contribution in [0.4, 0.5) is 0 Å². The maximum Gasteiger partial charge on any atom is 0.240 e. The monoisotopic (exact) mass is 314 g/mol. The Morgan fingerprint density at radius 3 is 2.62 bits per heavy atom. The molecule has 1 rings (SSSR count). The van der Waals surface area contributed by atoms with Crippen molar-refractivity contribution in [1.29, 1.82) is 0 Å². The molecule has 0 bridgehead atoms. The first-order chi connectivity index (χ1) is 9.94. The molecule has 0 saturated carbocycles. The van der Waals surface area contributed by atoms with Gasteiger partial charge in [-0.05, 0) is 31.5 Å². The van der Waals surface area contributed by atoms with Crippen molar-refractivity contribution in [3.05, 3.63) is 23.8 Å². The van der Waals surface area contributed by atoms with Crippen LogP contribution in [0.1, 0.15) is 45.1 Å². The van der Waals surface area contributed by atoms with Gasteiger partial charge < -0.3 is 10.5 Å². The normalized spacial score (nSPS) is 13.1. The number of benzene rings is 1. The van der Waals surface area contributed by atoms with E-state index in [-0.39, 0.29) is 17.5 Å². The Morgan fingerprint density at radius 2 is 2.05 bits per heavy atom. The molecule has 3 N–H and O–H groups in total. The van der Waals surface area contributed by atoms with Gasteiger partial charge >= 0.3 is 0 Å². The van der Waals surface area contributed by atoms with Crippen LogP contribution in [0.25, 0.3) is 0 Å². The molecule has 5 nitrogen and oxygen atoms in total. The van der Waals surface area contributed by atoms with Gasteiger partial charge in [0.1, 0.15) is 5.75 Å². The van der Waals surface area contributed by atoms with Crippen molar-refractivity contribution in [3.8, 4) is 5.75 Å². The molecule has 21 heavy (non-hydrogen) atoms. The maximum atomic E-state index is 12.4. The first kappa shape index (κ1) is 17.9. The molecule has 1 aromatic rings. The number of sulfonamides is 1. The van der Waals surface area contributed by atoms with E-state index in [1.807, 2.05) is 6.92 Å². The molecule has 0 radical (unpaired) electrons. The van der Waals surface area contributed by atoms with Crippen LogP contribution in [0.3, 0.4) is 0 Å². The van der Waals surface area contributed by atoms with E-state index in [0.717, 1.165) is 25.7 Å². The third-order valence-corrected chi connectivity index (χ3v) is 4.97. The fourth-order valence-corrected chi connectivity index (χ4v) is 3.50. The van der Waals surface area contributed by atoms with E-state index in [1.54, 1.807) is 18.2 Å². The minimum absolute atomic E-state index is 0.0787. The second-order valence-corrected chi connectivity index (χ2v) is 6.91. The van der Waals surface area contributed by atoms with Crippen molar-refractivity contribution in [2.45, 2.75) is 57.0 Å². The lowest BCUT2D eigenvalue weighted by Gasteiger charge is -2.15. The molecule has 1 unspecified atom stereocenters. The average molecular weight is 314 g/mol. The number of ether oxygens (including phenoxy) is 1. The maximum absolute atomic E-state index is 12.4. The first-order valence-corrected chi connectivity index (χ1v) is 8.82. The van der Waals surface area contributed by atoms with Gasteiger partial charge in [-0.2, -0.15) is 0 Å². The van der Waals surface area contributed by atoms with E-state index < -0.39 is 10.0 Å². The van der Waals surface area contributed by atoms with Gasteiger partial charge in [0.2, 0.25) is 10.0 Å². The van der Waals surface area contributed by atoms with Gasteiger partial charge in [-0.25, -0.2) is 13.1 Å². The van der Waals surface area contributed by atoms with E-state index in [9.17, 15) is 8.42 Å². The highest BCUT2D eigenvalue weighted by Gasteiger charge is 2.18. The van der Waals surface area contributed by atoms with Crippen LogP contribution in [-0.2, 0) is 16.6 Å². The van der Waals surface area contributed by atoms with Gasteiger partial charge in [-0.3, -0.25) is 0 Å². The Hall–Kier alpha value is -1.11. The van der Waals surface area contributed by atoms with Gasteiger partial charge in [0, 0.05) is 18.2 Å². The molecule has 6 heteroatoms. The van der Waals surface area contributed by atoms with Gasteiger partial charge in [0.15, 0.2) is 0 Å². The average Bonchev–Trinajstić information content (AvgIpc) is 2.46. The summed E-state index contributed by atoms with van der Waals surface area (Å²) in [6.07, 6.45) is 4.10. The molecule has 0 heterocycles. The van der Waals surface area contributed by atoms with E-state index in [4.69, 9.17) is 10.5 Å². The highest BCUT2D eigenvalue weighted by atomic mass is 32.2. The van der Waals surface area contributed by atoms with Gasteiger partial charge in [0.05, 0.1) is 12.0 Å². The second kappa shape index (κ2) is 8.36. The SMILES string of the molecule is CCCCCC(C)NS(=O)(=O)c1ccc(OC)c(CN)c1. The number of hydrogen-bond acceptors (Lipinski definition) is 4. The molecule has 0 saturated heterocycles. The Kier molecular flexibility index (Phi) is 7.14. The number of unbranched alkanes of at least 4 members (excludes halogenated alkanes) is 2. The van der Waals surface area contributed by atoms with Crippen molar-refractivity contribution in [1.82, 2.24) is 4.72 Å². The zero-order chi connectivity index (χ0) is 15.9. The van der Waals surface area contributed by atoms with E-state index >= 15 is 0 Å². The fourth-order valence-electron chi connectivity index (χ4n) is 2.17. The minimum atomic E-state index is -3.52. The summed E-state index contributed by atoms with van der Waals surface area (Å²) in [7, 11) is -1.98. The van der Waals surface area contributed by atoms with Crippen LogP contribution < -0.4 is 15.2 Å². The number of methoxy groups -OCH3 is 1. The Bertz CT molecular complexity index is 544. The standard InChI is InChI=1S/C15H26N2O3S/c1-4-5-6-7-12(2)17-21(18,19)14-8-9-15(20-3)13(10-14)11-16/h8-10,12,17H,4-7,11,16H2,1-3H3. The number of rotatable bonds is 9. The summed E-state index contributed by atoms with van der Waals surface area (Å²) in [6.45, 7) is 4.25. The zero-order valence-corrected chi connectivity index (χ0v) is 13.9. The number of nitrogens with two attached hydrogens (primary N) is 1. The van der Waals surface area contributed by atoms with E-state index in [1.165, 1.54) is 7.11 Å². The minimum Gasteiger partial charge on any atom is -0.496 e. The lowest BCUT2D eigenvalue weighted by molar-refractivity contribution is 0.409. The van der Waals surface area contributed by atoms with Crippen LogP contribution in [0.15, 0.2) is 23.1 Å². The summed E-state index contributed by atoms with van der Waals surface area (Å²) < 4.78 is 32.6. The summed E-state index contributed by atoms with van der Waals surface area (Å²) >= 11 is 0. The zero-order valence-electron chi connectivity index (χ0n) is 13.1. The molecule has 120 valence electrons. The molecule has 1 aromatic carbocycles. The molecular weight excluding hydrogens is 288 g/mol. The Labute approximate surface area is 127 Å². The van der Waals surface area contributed by atoms with E-state index in [2.05, 4.69) is 11.6 Å². The molecule has 0 fully saturated rings. The van der Waals surface area contributed by atoms with Gasteiger partial charge in [-0.1, -0.05) is 26.2 Å². The lowest BCUT2D eigenvalue weighted by Crippen LogP contribution is -2.32. The van der Waals surface area contributed by atoms with E-state index in [0.29, 0.717) is 11.3 Å². The van der Waals surface area contributed by atoms with Crippen LogP contribution in [0.5, 0.6) is 5.75 Å². The molecular formula is C15H26N2O3S. The van der Waals surface area contributed by atoms with Crippen LogP contribution in [0, 0.1) is 0 Å². The third-order valence-electron chi connectivity index (χ3n) is 3.38. The molecule has 0 spiro atoms. The molecule has 1 atom stereocenters. The van der Waals surface area contributed by atoms with Crippen LogP contribution in [0.2, 0.25) is 0 Å². The third kappa shape index (κ3) is 5.30. The van der Waals surface area contributed by atoms with Crippen LogP contribution >= 0.6 is 0 Å². The first-order valence-electron chi connectivity index (χ1n) is 7.34. The van der Waals surface area contributed by atoms with Crippen molar-refractivity contribution in [2.24, 2.45) is 5.73 Å². The van der Waals surface area contributed by atoms with Crippen molar-refractivity contribution in [2.75, 3.05) is 7.11 Å². The quantitative estimate of drug-likeness (QED) is 0.686. The van der Waals surface area contributed by atoms with Crippen LogP contribution in [-0.4, -0.2) is 21.6 Å². The summed E-state index contributed by atoms with van der Waals surface area (Å²) in [4.78, 5) is 0.228. The largest absolute Gasteiger partial charge is 0.496 e. The molecule has 0 aliphatic rings. The molecule has 0 aliphatic carbocycles. The van der Waals surface area contributed by atoms with Gasteiger partial charge in [-0.15, -0.1) is 0 Å². The highest BCUT2D eigenvalue weighted by Crippen LogP contribution is 2.22. The predicted molar refractivity (Wildman–Crippen MR) is 84.8 cm³/mol. The molecule has 0 aliphatic heterocycles. The summed E-state index contributed by atoms with van der Waals surface area (Å²) in [5, 5.41) is 0. The summed E-state index contributed by atoms with van der Waals surface area (Å²) in [6, 6.07) is 4.67. The van der Waals surface area contributed by atoms with Crippen molar-refractivity contribution >= 4 is 10.0 Å². The summed E-state index contributed by atoms with van der Waals surface area (Å²) in [5.74, 6) is 0.604. The Balaban J connectivity index is 2.82. The lowest BCUT2D eigenvalue weighted by atomic mass is 10.1. The number of nitrogens with one attached hydrogen (secondary N) is 1. The predicted octanol–water partition coefficient (Wildman–Crippen LogP) is 2.40. The van der Waals surface area contributed by atoms with Crippen molar-refractivity contribution in [3.63, 3.8) is 0 Å². The second-order valence-electron chi connectivity index (χ2n) is 5.20. The summed E-state index contributed by atoms with van der Waals surface area (Å²) in [5.41, 5.74) is 6.31. The fraction of sp³-hybridized carbons (Fsp3) is 0.600. The molecule has 0 aromatic heterocycles. The smallest absolute Gasteiger partial charge is 0.240 e. The van der Waals surface area contributed by atoms with Gasteiger partial charge in [0.25, 0.3) is 0 Å². The Morgan fingerprint density at radius 1 is 1.33 bits per heavy atom. The highest BCUT2D eigenvalue weighted by molar-refractivity contribution is 7.89. The topological polar surface area (TPSA) is 81.4 Å².